The van der Waals surface area contributed by atoms with Crippen molar-refractivity contribution < 1.29 is 0 Å². The lowest BCUT2D eigenvalue weighted by molar-refractivity contribution is 0.651. The van der Waals surface area contributed by atoms with Gasteiger partial charge in [0.2, 0.25) is 0 Å². The standard InChI is InChI=1S/C16H19N3/c1-13(2)12-19(14-7-6-10-18-11-14)16-9-5-4-8-15(16)17-3/h4-11,13H,3,12H2,1-2H3. The molecule has 0 saturated heterocycles. The van der Waals surface area contributed by atoms with Crippen molar-refractivity contribution in [3.8, 4) is 0 Å². The average Bonchev–Trinajstić information content (AvgIpc) is 2.45. The molecule has 0 amide bonds. The summed E-state index contributed by atoms with van der Waals surface area (Å²) >= 11 is 0. The summed E-state index contributed by atoms with van der Waals surface area (Å²) in [6.45, 7) is 8.97. The molecule has 0 atom stereocenters. The van der Waals surface area contributed by atoms with Crippen LogP contribution in [0.15, 0.2) is 53.8 Å². The van der Waals surface area contributed by atoms with Crippen LogP contribution in [-0.4, -0.2) is 18.2 Å². The molecule has 98 valence electrons. The predicted octanol–water partition coefficient (Wildman–Crippen LogP) is 4.21. The SMILES string of the molecule is C=Nc1ccccc1N(CC(C)C)c1cccnc1. The second-order valence-electron chi connectivity index (χ2n) is 4.86. The van der Waals surface area contributed by atoms with Gasteiger partial charge in [-0.2, -0.15) is 0 Å². The maximum atomic E-state index is 4.21. The van der Waals surface area contributed by atoms with Crippen LogP contribution in [0, 0.1) is 5.92 Å². The van der Waals surface area contributed by atoms with Crippen molar-refractivity contribution in [3.63, 3.8) is 0 Å². The fraction of sp³-hybridized carbons (Fsp3) is 0.250. The third-order valence-corrected chi connectivity index (χ3v) is 2.85. The zero-order valence-electron chi connectivity index (χ0n) is 11.5. The molecule has 2 aromatic rings. The number of aromatic nitrogens is 1. The number of nitrogens with zero attached hydrogens (tertiary/aromatic N) is 3. The molecule has 0 aliphatic heterocycles. The Morgan fingerprint density at radius 2 is 2.00 bits per heavy atom. The van der Waals surface area contributed by atoms with E-state index in [0.717, 1.165) is 23.6 Å². The minimum absolute atomic E-state index is 0.540. The topological polar surface area (TPSA) is 28.5 Å². The summed E-state index contributed by atoms with van der Waals surface area (Å²) in [4.78, 5) is 10.6. The van der Waals surface area contributed by atoms with Gasteiger partial charge in [0.1, 0.15) is 0 Å². The van der Waals surface area contributed by atoms with Crippen LogP contribution >= 0.6 is 0 Å². The molecular formula is C16H19N3. The predicted molar refractivity (Wildman–Crippen MR) is 81.7 cm³/mol. The van der Waals surface area contributed by atoms with E-state index >= 15 is 0 Å². The summed E-state index contributed by atoms with van der Waals surface area (Å²) in [6.07, 6.45) is 3.66. The molecule has 0 N–H and O–H groups in total. The van der Waals surface area contributed by atoms with Crippen LogP contribution in [0.1, 0.15) is 13.8 Å². The van der Waals surface area contributed by atoms with Gasteiger partial charge in [0.15, 0.2) is 0 Å². The highest BCUT2D eigenvalue weighted by Gasteiger charge is 2.14. The summed E-state index contributed by atoms with van der Waals surface area (Å²) in [5.74, 6) is 0.540. The normalized spacial score (nSPS) is 10.5. The average molecular weight is 253 g/mol. The zero-order chi connectivity index (χ0) is 13.7. The number of anilines is 2. The van der Waals surface area contributed by atoms with Crippen molar-refractivity contribution in [1.29, 1.82) is 0 Å². The highest BCUT2D eigenvalue weighted by molar-refractivity contribution is 5.75. The van der Waals surface area contributed by atoms with Gasteiger partial charge in [-0.3, -0.25) is 9.98 Å². The summed E-state index contributed by atoms with van der Waals surface area (Å²) in [7, 11) is 0. The third-order valence-electron chi connectivity index (χ3n) is 2.85. The number of hydrogen-bond acceptors (Lipinski definition) is 3. The lowest BCUT2D eigenvalue weighted by Crippen LogP contribution is -2.22. The fourth-order valence-electron chi connectivity index (χ4n) is 2.05. The van der Waals surface area contributed by atoms with E-state index in [-0.39, 0.29) is 0 Å². The van der Waals surface area contributed by atoms with E-state index < -0.39 is 0 Å². The van der Waals surface area contributed by atoms with Crippen LogP contribution in [0.4, 0.5) is 17.1 Å². The highest BCUT2D eigenvalue weighted by atomic mass is 15.2. The second-order valence-corrected chi connectivity index (χ2v) is 4.86. The molecule has 3 heteroatoms. The van der Waals surface area contributed by atoms with Crippen LogP contribution in [-0.2, 0) is 0 Å². The first-order valence-corrected chi connectivity index (χ1v) is 6.45. The fourth-order valence-corrected chi connectivity index (χ4v) is 2.05. The number of benzene rings is 1. The number of rotatable bonds is 5. The van der Waals surface area contributed by atoms with E-state index in [4.69, 9.17) is 0 Å². The second kappa shape index (κ2) is 6.14. The Hall–Kier alpha value is -2.16. The molecule has 3 nitrogen and oxygen atoms in total. The van der Waals surface area contributed by atoms with Gasteiger partial charge in [0.05, 0.1) is 23.3 Å². The monoisotopic (exact) mass is 253 g/mol. The molecule has 1 heterocycles. The van der Waals surface area contributed by atoms with E-state index in [1.807, 2.05) is 30.5 Å². The van der Waals surface area contributed by atoms with Crippen LogP contribution in [0.2, 0.25) is 0 Å². The molecule has 0 unspecified atom stereocenters. The number of para-hydroxylation sites is 2. The van der Waals surface area contributed by atoms with E-state index in [2.05, 4.69) is 47.6 Å². The van der Waals surface area contributed by atoms with Gasteiger partial charge in [-0.05, 0) is 36.9 Å². The molecule has 0 fully saturated rings. The largest absolute Gasteiger partial charge is 0.338 e. The van der Waals surface area contributed by atoms with Gasteiger partial charge in [0, 0.05) is 12.7 Å². The van der Waals surface area contributed by atoms with Crippen LogP contribution in [0.3, 0.4) is 0 Å². The smallest absolute Gasteiger partial charge is 0.0859 e. The zero-order valence-corrected chi connectivity index (χ0v) is 11.5. The first kappa shape index (κ1) is 13.3. The minimum atomic E-state index is 0.540. The van der Waals surface area contributed by atoms with Crippen LogP contribution in [0.5, 0.6) is 0 Å². The Bertz CT molecular complexity index is 535. The van der Waals surface area contributed by atoms with Crippen LogP contribution < -0.4 is 4.90 Å². The first-order chi connectivity index (χ1) is 9.22. The molecule has 19 heavy (non-hydrogen) atoms. The first-order valence-electron chi connectivity index (χ1n) is 6.45. The summed E-state index contributed by atoms with van der Waals surface area (Å²) in [6, 6.07) is 12.1. The third kappa shape index (κ3) is 3.19. The van der Waals surface area contributed by atoms with Gasteiger partial charge < -0.3 is 4.90 Å². The molecule has 1 aromatic heterocycles. The molecular weight excluding hydrogens is 234 g/mol. The summed E-state index contributed by atoms with van der Waals surface area (Å²) < 4.78 is 0. The Labute approximate surface area is 114 Å². The molecule has 0 aliphatic carbocycles. The Morgan fingerprint density at radius 1 is 1.21 bits per heavy atom. The highest BCUT2D eigenvalue weighted by Crippen LogP contribution is 2.33. The quantitative estimate of drug-likeness (QED) is 0.747. The van der Waals surface area contributed by atoms with Crippen molar-refractivity contribution in [3.05, 3.63) is 48.8 Å². The summed E-state index contributed by atoms with van der Waals surface area (Å²) in [5, 5.41) is 0. The molecule has 0 aliphatic rings. The number of pyridine rings is 1. The molecule has 0 spiro atoms. The summed E-state index contributed by atoms with van der Waals surface area (Å²) in [5.41, 5.74) is 3.04. The van der Waals surface area contributed by atoms with Gasteiger partial charge in [-0.15, -0.1) is 0 Å². The van der Waals surface area contributed by atoms with Crippen molar-refractivity contribution in [2.24, 2.45) is 10.9 Å². The molecule has 0 saturated carbocycles. The van der Waals surface area contributed by atoms with Gasteiger partial charge in [-0.25, -0.2) is 0 Å². The van der Waals surface area contributed by atoms with Crippen molar-refractivity contribution >= 4 is 23.8 Å². The van der Waals surface area contributed by atoms with Gasteiger partial charge >= 0.3 is 0 Å². The van der Waals surface area contributed by atoms with E-state index in [1.165, 1.54) is 0 Å². The molecule has 0 bridgehead atoms. The molecule has 1 aromatic carbocycles. The van der Waals surface area contributed by atoms with E-state index in [1.54, 1.807) is 6.20 Å². The Kier molecular flexibility index (Phi) is 4.29. The van der Waals surface area contributed by atoms with Crippen LogP contribution in [0.25, 0.3) is 0 Å². The van der Waals surface area contributed by atoms with Gasteiger partial charge in [0.25, 0.3) is 0 Å². The maximum Gasteiger partial charge on any atom is 0.0859 e. The Balaban J connectivity index is 2.46. The molecule has 2 rings (SSSR count). The maximum absolute atomic E-state index is 4.21. The van der Waals surface area contributed by atoms with Gasteiger partial charge in [-0.1, -0.05) is 26.0 Å². The Morgan fingerprint density at radius 3 is 2.63 bits per heavy atom. The van der Waals surface area contributed by atoms with Crippen molar-refractivity contribution in [2.75, 3.05) is 11.4 Å². The number of aliphatic imine (C=N–C) groups is 1. The lowest BCUT2D eigenvalue weighted by Gasteiger charge is -2.27. The van der Waals surface area contributed by atoms with Crippen molar-refractivity contribution in [2.45, 2.75) is 13.8 Å². The van der Waals surface area contributed by atoms with E-state index in [9.17, 15) is 0 Å². The minimum Gasteiger partial charge on any atom is -0.338 e. The van der Waals surface area contributed by atoms with E-state index in [0.29, 0.717) is 5.92 Å². The molecule has 0 radical (unpaired) electrons. The van der Waals surface area contributed by atoms with Crippen molar-refractivity contribution in [1.82, 2.24) is 4.98 Å². The number of hydrogen-bond donors (Lipinski definition) is 0. The lowest BCUT2D eigenvalue weighted by atomic mass is 10.1.